The van der Waals surface area contributed by atoms with Crippen LogP contribution < -0.4 is 20.1 Å². The molecule has 3 aromatic rings. The highest BCUT2D eigenvalue weighted by molar-refractivity contribution is 6.38. The van der Waals surface area contributed by atoms with Crippen LogP contribution in [0.15, 0.2) is 78.9 Å². The summed E-state index contributed by atoms with van der Waals surface area (Å²) in [5.74, 6) is -1.45. The molecule has 2 N–H and O–H groups in total. The number of carbonyl (C=O) groups is 4. The lowest BCUT2D eigenvalue weighted by Crippen LogP contribution is -2.49. The fourth-order valence-corrected chi connectivity index (χ4v) is 3.93. The van der Waals surface area contributed by atoms with E-state index in [4.69, 9.17) is 9.47 Å². The second kappa shape index (κ2) is 14.3. The van der Waals surface area contributed by atoms with Crippen molar-refractivity contribution in [3.8, 4) is 11.5 Å². The second-order valence-electron chi connectivity index (χ2n) is 8.65. The Labute approximate surface area is 222 Å². The highest BCUT2D eigenvalue weighted by atomic mass is 16.5. The number of Topliss-reactive ketones (excluding diaryl/α,β-unsaturated/α-hetero) is 2. The van der Waals surface area contributed by atoms with Gasteiger partial charge in [-0.3, -0.25) is 19.2 Å². The first-order chi connectivity index (χ1) is 18.4. The fourth-order valence-electron chi connectivity index (χ4n) is 3.93. The lowest BCUT2D eigenvalue weighted by atomic mass is 10.0. The summed E-state index contributed by atoms with van der Waals surface area (Å²) >= 11 is 0. The molecule has 0 spiro atoms. The number of nitrogens with one attached hydrogen (secondary N) is 2. The Hall–Kier alpha value is -4.46. The minimum Gasteiger partial charge on any atom is -0.497 e. The van der Waals surface area contributed by atoms with Crippen molar-refractivity contribution in [2.45, 2.75) is 31.7 Å². The molecule has 8 heteroatoms. The topological polar surface area (TPSA) is 111 Å². The monoisotopic (exact) mass is 516 g/mol. The number of methoxy groups -OCH3 is 2. The van der Waals surface area contributed by atoms with Gasteiger partial charge in [-0.2, -0.15) is 0 Å². The minimum atomic E-state index is -1.07. The van der Waals surface area contributed by atoms with E-state index in [9.17, 15) is 19.2 Å². The molecular weight excluding hydrogens is 484 g/mol. The Balaban J connectivity index is 1.62. The van der Waals surface area contributed by atoms with Crippen molar-refractivity contribution in [2.75, 3.05) is 20.8 Å². The molecule has 38 heavy (non-hydrogen) atoms. The van der Waals surface area contributed by atoms with Gasteiger partial charge in [-0.05, 0) is 35.7 Å². The molecule has 0 aliphatic rings. The molecule has 0 heterocycles. The summed E-state index contributed by atoms with van der Waals surface area (Å²) in [6.45, 7) is 0.289. The maximum absolute atomic E-state index is 13.0. The number of rotatable bonds is 14. The van der Waals surface area contributed by atoms with E-state index in [2.05, 4.69) is 10.6 Å². The molecule has 8 nitrogen and oxygen atoms in total. The van der Waals surface area contributed by atoms with Crippen molar-refractivity contribution in [3.05, 3.63) is 95.6 Å². The fraction of sp³-hybridized carbons (Fsp3) is 0.267. The zero-order valence-corrected chi connectivity index (χ0v) is 21.6. The van der Waals surface area contributed by atoms with Gasteiger partial charge in [-0.1, -0.05) is 60.7 Å². The van der Waals surface area contributed by atoms with Gasteiger partial charge in [0.15, 0.2) is 5.78 Å². The first-order valence-electron chi connectivity index (χ1n) is 12.4. The average molecular weight is 517 g/mol. The first-order valence-corrected chi connectivity index (χ1v) is 12.4. The van der Waals surface area contributed by atoms with Gasteiger partial charge in [-0.15, -0.1) is 0 Å². The number of ketones is 2. The third-order valence-electron chi connectivity index (χ3n) is 5.99. The zero-order valence-electron chi connectivity index (χ0n) is 21.6. The standard InChI is InChI=1S/C30H32N2O6/c1-37-23-13-15-27(38-2)24(20-23)26(33)14-16-28(34)32-25(19-22-11-7-4-8-12-22)29(35)30(36)31-18-17-21-9-5-3-6-10-21/h3-13,15,20,25H,14,16-19H2,1-2H3,(H,31,36)(H,32,34)/t25-/m0/s1. The molecule has 1 atom stereocenters. The molecular formula is C30H32N2O6. The summed E-state index contributed by atoms with van der Waals surface area (Å²) in [6, 6.07) is 22.5. The predicted octanol–water partition coefficient (Wildman–Crippen LogP) is 3.32. The normalized spacial score (nSPS) is 11.2. The van der Waals surface area contributed by atoms with Gasteiger partial charge < -0.3 is 20.1 Å². The highest BCUT2D eigenvalue weighted by Gasteiger charge is 2.27. The van der Waals surface area contributed by atoms with Crippen LogP contribution in [0.4, 0.5) is 0 Å². The van der Waals surface area contributed by atoms with Crippen molar-refractivity contribution in [1.82, 2.24) is 10.6 Å². The number of benzene rings is 3. The molecule has 0 saturated carbocycles. The van der Waals surface area contributed by atoms with Gasteiger partial charge in [0.1, 0.15) is 17.5 Å². The van der Waals surface area contributed by atoms with E-state index in [0.717, 1.165) is 11.1 Å². The molecule has 0 saturated heterocycles. The quantitative estimate of drug-likeness (QED) is 0.251. The van der Waals surface area contributed by atoms with E-state index < -0.39 is 23.6 Å². The highest BCUT2D eigenvalue weighted by Crippen LogP contribution is 2.25. The van der Waals surface area contributed by atoms with Gasteiger partial charge in [0.25, 0.3) is 5.91 Å². The summed E-state index contributed by atoms with van der Waals surface area (Å²) in [4.78, 5) is 51.2. The van der Waals surface area contributed by atoms with E-state index in [0.29, 0.717) is 23.5 Å². The Kier molecular flexibility index (Phi) is 10.6. The van der Waals surface area contributed by atoms with Crippen molar-refractivity contribution < 1.29 is 28.7 Å². The van der Waals surface area contributed by atoms with E-state index in [1.807, 2.05) is 60.7 Å². The van der Waals surface area contributed by atoms with Crippen LogP contribution in [0, 0.1) is 0 Å². The Morgan fingerprint density at radius 2 is 1.45 bits per heavy atom. The Morgan fingerprint density at radius 3 is 2.08 bits per heavy atom. The van der Waals surface area contributed by atoms with E-state index >= 15 is 0 Å². The predicted molar refractivity (Wildman–Crippen MR) is 143 cm³/mol. The first kappa shape index (κ1) is 28.1. The van der Waals surface area contributed by atoms with Crippen LogP contribution in [-0.4, -0.2) is 50.2 Å². The van der Waals surface area contributed by atoms with Gasteiger partial charge in [-0.25, -0.2) is 0 Å². The van der Waals surface area contributed by atoms with Crippen LogP contribution in [0.2, 0.25) is 0 Å². The van der Waals surface area contributed by atoms with Crippen LogP contribution in [0.25, 0.3) is 0 Å². The summed E-state index contributed by atoms with van der Waals surface area (Å²) in [5.41, 5.74) is 2.13. The lowest BCUT2D eigenvalue weighted by molar-refractivity contribution is -0.140. The van der Waals surface area contributed by atoms with Crippen LogP contribution in [0.1, 0.15) is 34.3 Å². The molecule has 0 bridgehead atoms. The number of hydrogen-bond acceptors (Lipinski definition) is 6. The molecule has 0 aliphatic carbocycles. The summed E-state index contributed by atoms with van der Waals surface area (Å²) in [5, 5.41) is 5.30. The Bertz CT molecular complexity index is 1240. The molecule has 2 amide bonds. The third kappa shape index (κ3) is 8.30. The Morgan fingerprint density at radius 1 is 0.789 bits per heavy atom. The molecule has 0 aliphatic heterocycles. The third-order valence-corrected chi connectivity index (χ3v) is 5.99. The lowest BCUT2D eigenvalue weighted by Gasteiger charge is -2.18. The van der Waals surface area contributed by atoms with Crippen molar-refractivity contribution >= 4 is 23.4 Å². The zero-order chi connectivity index (χ0) is 27.3. The van der Waals surface area contributed by atoms with Gasteiger partial charge in [0, 0.05) is 25.8 Å². The van der Waals surface area contributed by atoms with Crippen molar-refractivity contribution in [1.29, 1.82) is 0 Å². The van der Waals surface area contributed by atoms with Crippen LogP contribution in [-0.2, 0) is 27.2 Å². The van der Waals surface area contributed by atoms with Crippen LogP contribution in [0.3, 0.4) is 0 Å². The molecule has 3 aromatic carbocycles. The largest absolute Gasteiger partial charge is 0.497 e. The summed E-state index contributed by atoms with van der Waals surface area (Å²) in [7, 11) is 2.95. The maximum atomic E-state index is 13.0. The molecule has 198 valence electrons. The molecule has 0 unspecified atom stereocenters. The number of amides is 2. The SMILES string of the molecule is COc1ccc(OC)c(C(=O)CCC(=O)N[C@@H](Cc2ccccc2)C(=O)C(=O)NCCc2ccccc2)c1. The van der Waals surface area contributed by atoms with Crippen LogP contribution >= 0.6 is 0 Å². The summed E-state index contributed by atoms with van der Waals surface area (Å²) in [6.07, 6.45) is 0.457. The molecule has 0 radical (unpaired) electrons. The minimum absolute atomic E-state index is 0.106. The van der Waals surface area contributed by atoms with Crippen molar-refractivity contribution in [3.63, 3.8) is 0 Å². The maximum Gasteiger partial charge on any atom is 0.289 e. The summed E-state index contributed by atoms with van der Waals surface area (Å²) < 4.78 is 10.4. The van der Waals surface area contributed by atoms with Crippen LogP contribution in [0.5, 0.6) is 11.5 Å². The molecule has 3 rings (SSSR count). The van der Waals surface area contributed by atoms with E-state index in [1.165, 1.54) is 14.2 Å². The number of hydrogen-bond donors (Lipinski definition) is 2. The molecule has 0 aromatic heterocycles. The second-order valence-corrected chi connectivity index (χ2v) is 8.65. The van der Waals surface area contributed by atoms with Gasteiger partial charge in [0.05, 0.1) is 19.8 Å². The smallest absolute Gasteiger partial charge is 0.289 e. The number of carbonyl (C=O) groups excluding carboxylic acids is 4. The number of ether oxygens (including phenoxy) is 2. The molecule has 0 fully saturated rings. The van der Waals surface area contributed by atoms with Crippen molar-refractivity contribution in [2.24, 2.45) is 0 Å². The average Bonchev–Trinajstić information content (AvgIpc) is 2.95. The van der Waals surface area contributed by atoms with E-state index in [-0.39, 0.29) is 31.6 Å². The van der Waals surface area contributed by atoms with E-state index in [1.54, 1.807) is 18.2 Å². The van der Waals surface area contributed by atoms with Gasteiger partial charge in [0.2, 0.25) is 11.7 Å². The van der Waals surface area contributed by atoms with Gasteiger partial charge >= 0.3 is 0 Å².